The van der Waals surface area contributed by atoms with Crippen LogP contribution in [-0.4, -0.2) is 48.8 Å². The van der Waals surface area contributed by atoms with Gasteiger partial charge in [0.1, 0.15) is 5.01 Å². The van der Waals surface area contributed by atoms with Gasteiger partial charge in [-0.05, 0) is 25.8 Å². The maximum atomic E-state index is 12.3. The van der Waals surface area contributed by atoms with E-state index < -0.39 is 9.84 Å². The van der Waals surface area contributed by atoms with E-state index in [1.54, 1.807) is 23.3 Å². The van der Waals surface area contributed by atoms with E-state index in [4.69, 9.17) is 0 Å². The molecule has 0 radical (unpaired) electrons. The molecular formula is C18H22N2O3S2. The Morgan fingerprint density at radius 1 is 1.40 bits per heavy atom. The molecule has 3 rings (SSSR count). The minimum absolute atomic E-state index is 0.0211. The quantitative estimate of drug-likeness (QED) is 0.802. The van der Waals surface area contributed by atoms with Gasteiger partial charge in [-0.25, -0.2) is 13.4 Å². The lowest BCUT2D eigenvalue weighted by Crippen LogP contribution is -2.37. The van der Waals surface area contributed by atoms with Crippen LogP contribution < -0.4 is 0 Å². The monoisotopic (exact) mass is 378 g/mol. The number of aryl methyl sites for hydroxylation is 2. The molecular weight excluding hydrogens is 356 g/mol. The molecule has 25 heavy (non-hydrogen) atoms. The molecule has 0 saturated carbocycles. The molecule has 1 saturated heterocycles. The van der Waals surface area contributed by atoms with Crippen molar-refractivity contribution in [3.63, 3.8) is 0 Å². The van der Waals surface area contributed by atoms with Crippen LogP contribution in [0.2, 0.25) is 0 Å². The molecule has 0 spiro atoms. The first-order chi connectivity index (χ1) is 11.8. The highest BCUT2D eigenvalue weighted by Crippen LogP contribution is 2.25. The van der Waals surface area contributed by atoms with Gasteiger partial charge in [0.15, 0.2) is 9.84 Å². The third-order valence-electron chi connectivity index (χ3n) is 4.56. The van der Waals surface area contributed by atoms with E-state index in [-0.39, 0.29) is 23.5 Å². The molecule has 2 aromatic rings. The number of aromatic nitrogens is 1. The van der Waals surface area contributed by atoms with Crippen molar-refractivity contribution in [2.75, 3.05) is 18.6 Å². The minimum atomic E-state index is -2.98. The lowest BCUT2D eigenvalue weighted by molar-refractivity contribution is -0.131. The van der Waals surface area contributed by atoms with Crippen molar-refractivity contribution in [3.8, 4) is 10.6 Å². The number of carbonyl (C=O) groups is 1. The molecule has 1 aromatic carbocycles. The van der Waals surface area contributed by atoms with Crippen LogP contribution in [0.25, 0.3) is 10.6 Å². The normalized spacial score (nSPS) is 19.0. The number of benzene rings is 1. The van der Waals surface area contributed by atoms with Crippen LogP contribution in [0.15, 0.2) is 29.6 Å². The molecule has 1 aromatic heterocycles. The van der Waals surface area contributed by atoms with Crippen LogP contribution in [-0.2, 0) is 21.1 Å². The molecule has 0 bridgehead atoms. The zero-order valence-corrected chi connectivity index (χ0v) is 16.1. The molecule has 1 unspecified atom stereocenters. The molecule has 1 aliphatic rings. The molecule has 1 amide bonds. The Kier molecular flexibility index (Phi) is 5.24. The van der Waals surface area contributed by atoms with Crippen molar-refractivity contribution >= 4 is 27.1 Å². The Bertz CT molecular complexity index is 874. The van der Waals surface area contributed by atoms with Crippen LogP contribution in [0.5, 0.6) is 0 Å². The van der Waals surface area contributed by atoms with E-state index in [2.05, 4.69) is 24.0 Å². The molecule has 5 nitrogen and oxygen atoms in total. The highest BCUT2D eigenvalue weighted by molar-refractivity contribution is 7.91. The first-order valence-electron chi connectivity index (χ1n) is 8.31. The summed E-state index contributed by atoms with van der Waals surface area (Å²) in [5, 5.41) is 2.95. The summed E-state index contributed by atoms with van der Waals surface area (Å²) in [4.78, 5) is 18.6. The summed E-state index contributed by atoms with van der Waals surface area (Å²) in [5.41, 5.74) is 3.19. The number of hydrogen-bond acceptors (Lipinski definition) is 5. The fourth-order valence-corrected chi connectivity index (χ4v) is 5.65. The van der Waals surface area contributed by atoms with Crippen LogP contribution in [0, 0.1) is 6.92 Å². The van der Waals surface area contributed by atoms with E-state index in [0.29, 0.717) is 19.3 Å². The Balaban J connectivity index is 1.58. The van der Waals surface area contributed by atoms with Crippen LogP contribution in [0.3, 0.4) is 0 Å². The second-order valence-electron chi connectivity index (χ2n) is 6.57. The van der Waals surface area contributed by atoms with Crippen LogP contribution in [0.1, 0.15) is 24.1 Å². The minimum Gasteiger partial charge on any atom is -0.342 e. The van der Waals surface area contributed by atoms with Crippen molar-refractivity contribution in [2.45, 2.75) is 32.2 Å². The highest BCUT2D eigenvalue weighted by Gasteiger charge is 2.32. The van der Waals surface area contributed by atoms with Crippen molar-refractivity contribution < 1.29 is 13.2 Å². The van der Waals surface area contributed by atoms with Gasteiger partial charge in [0, 0.05) is 30.5 Å². The highest BCUT2D eigenvalue weighted by atomic mass is 32.2. The standard InChI is InChI=1S/C18H22N2O3S2/c1-13-4-3-5-14(10-13)18-19-15(11-24-18)6-7-17(21)20(2)16-8-9-25(22,23)12-16/h3-5,10-11,16H,6-9,12H2,1-2H3. The van der Waals surface area contributed by atoms with E-state index in [1.807, 2.05) is 17.5 Å². The molecule has 134 valence electrons. The average molecular weight is 379 g/mol. The molecule has 7 heteroatoms. The smallest absolute Gasteiger partial charge is 0.222 e. The zero-order valence-electron chi connectivity index (χ0n) is 14.4. The second kappa shape index (κ2) is 7.25. The van der Waals surface area contributed by atoms with Gasteiger partial charge in [-0.15, -0.1) is 11.3 Å². The topological polar surface area (TPSA) is 67.3 Å². The van der Waals surface area contributed by atoms with Gasteiger partial charge in [0.05, 0.1) is 17.2 Å². The summed E-state index contributed by atoms with van der Waals surface area (Å²) in [6, 6.07) is 8.02. The van der Waals surface area contributed by atoms with Crippen LogP contribution in [0.4, 0.5) is 0 Å². The average Bonchev–Trinajstić information content (AvgIpc) is 3.18. The van der Waals surface area contributed by atoms with E-state index >= 15 is 0 Å². The second-order valence-corrected chi connectivity index (χ2v) is 9.66. The summed E-state index contributed by atoms with van der Waals surface area (Å²) in [6.45, 7) is 2.05. The number of sulfone groups is 1. The van der Waals surface area contributed by atoms with Gasteiger partial charge in [0.2, 0.25) is 5.91 Å². The van der Waals surface area contributed by atoms with Crippen molar-refractivity contribution in [3.05, 3.63) is 40.9 Å². The number of rotatable bonds is 5. The third-order valence-corrected chi connectivity index (χ3v) is 7.25. The Morgan fingerprint density at radius 3 is 2.88 bits per heavy atom. The van der Waals surface area contributed by atoms with Gasteiger partial charge in [-0.3, -0.25) is 4.79 Å². The summed E-state index contributed by atoms with van der Waals surface area (Å²) in [6.07, 6.45) is 1.47. The van der Waals surface area contributed by atoms with Gasteiger partial charge >= 0.3 is 0 Å². The molecule has 0 aliphatic carbocycles. The molecule has 1 fully saturated rings. The number of thiazole rings is 1. The van der Waals surface area contributed by atoms with Gasteiger partial charge in [0.25, 0.3) is 0 Å². The van der Waals surface area contributed by atoms with Crippen LogP contribution >= 0.6 is 11.3 Å². The number of amides is 1. The maximum Gasteiger partial charge on any atom is 0.222 e. The Labute approximate surface area is 152 Å². The van der Waals surface area contributed by atoms with Crippen molar-refractivity contribution in [2.24, 2.45) is 0 Å². The zero-order chi connectivity index (χ0) is 18.0. The van der Waals surface area contributed by atoms with E-state index in [9.17, 15) is 13.2 Å². The van der Waals surface area contributed by atoms with E-state index in [1.165, 1.54) is 5.56 Å². The first-order valence-corrected chi connectivity index (χ1v) is 11.0. The van der Waals surface area contributed by atoms with Gasteiger partial charge in [-0.2, -0.15) is 0 Å². The summed E-state index contributed by atoms with van der Waals surface area (Å²) in [7, 11) is -1.28. The van der Waals surface area contributed by atoms with E-state index in [0.717, 1.165) is 16.3 Å². The summed E-state index contributed by atoms with van der Waals surface area (Å²) in [5.74, 6) is 0.247. The molecule has 0 N–H and O–H groups in total. The fraction of sp³-hybridized carbons (Fsp3) is 0.444. The molecule has 1 aliphatic heterocycles. The number of nitrogens with zero attached hydrogens (tertiary/aromatic N) is 2. The number of hydrogen-bond donors (Lipinski definition) is 0. The molecule has 2 heterocycles. The predicted octanol–water partition coefficient (Wildman–Crippen LogP) is 2.70. The van der Waals surface area contributed by atoms with Gasteiger partial charge in [-0.1, -0.05) is 23.8 Å². The third kappa shape index (κ3) is 4.46. The lowest BCUT2D eigenvalue weighted by atomic mass is 10.1. The number of carbonyl (C=O) groups excluding carboxylic acids is 1. The first kappa shape index (κ1) is 18.1. The van der Waals surface area contributed by atoms with Crippen molar-refractivity contribution in [1.29, 1.82) is 0 Å². The molecule has 1 atom stereocenters. The maximum absolute atomic E-state index is 12.3. The summed E-state index contributed by atoms with van der Waals surface area (Å²) >= 11 is 1.58. The fourth-order valence-electron chi connectivity index (χ4n) is 3.03. The summed E-state index contributed by atoms with van der Waals surface area (Å²) < 4.78 is 23.1. The predicted molar refractivity (Wildman–Crippen MR) is 100 cm³/mol. The Hall–Kier alpha value is -1.73. The Morgan fingerprint density at radius 2 is 2.20 bits per heavy atom. The van der Waals surface area contributed by atoms with Gasteiger partial charge < -0.3 is 4.90 Å². The largest absolute Gasteiger partial charge is 0.342 e. The lowest BCUT2D eigenvalue weighted by Gasteiger charge is -2.23. The van der Waals surface area contributed by atoms with Crippen molar-refractivity contribution in [1.82, 2.24) is 9.88 Å². The SMILES string of the molecule is Cc1cccc(-c2nc(CCC(=O)N(C)C3CCS(=O)(=O)C3)cs2)c1.